The number of methoxy groups -OCH3 is 1. The predicted octanol–water partition coefficient (Wildman–Crippen LogP) is 1.24. The van der Waals surface area contributed by atoms with Gasteiger partial charge in [0, 0.05) is 5.69 Å². The molecule has 0 amide bonds. The molecule has 0 saturated heterocycles. The van der Waals surface area contributed by atoms with Gasteiger partial charge in [-0.3, -0.25) is 0 Å². The molecule has 1 aromatic carbocycles. The van der Waals surface area contributed by atoms with Gasteiger partial charge in [-0.15, -0.1) is 0 Å². The topological polar surface area (TPSA) is 76.1 Å². The molecular formula is C10H10N2O2. The van der Waals surface area contributed by atoms with E-state index in [9.17, 15) is 4.79 Å². The average Bonchev–Trinajstić information content (AvgIpc) is 2.17. The van der Waals surface area contributed by atoms with Crippen LogP contribution in [-0.4, -0.2) is 13.1 Å². The summed E-state index contributed by atoms with van der Waals surface area (Å²) in [6, 6.07) is 4.94. The number of rotatable bonds is 1. The van der Waals surface area contributed by atoms with E-state index in [1.54, 1.807) is 13.0 Å². The predicted molar refractivity (Wildman–Crippen MR) is 51.6 cm³/mol. The maximum Gasteiger partial charge on any atom is 0.338 e. The third-order valence-corrected chi connectivity index (χ3v) is 1.92. The number of benzene rings is 1. The second-order valence-electron chi connectivity index (χ2n) is 2.86. The van der Waals surface area contributed by atoms with Crippen molar-refractivity contribution in [1.82, 2.24) is 0 Å². The zero-order valence-electron chi connectivity index (χ0n) is 8.00. The fraction of sp³-hybridized carbons (Fsp3) is 0.200. The quantitative estimate of drug-likeness (QED) is 0.533. The molecule has 0 aliphatic rings. The first-order valence-electron chi connectivity index (χ1n) is 3.98. The molecule has 1 aromatic rings. The number of nitrogens with zero attached hydrogens (tertiary/aromatic N) is 1. The van der Waals surface area contributed by atoms with E-state index >= 15 is 0 Å². The van der Waals surface area contributed by atoms with Crippen LogP contribution < -0.4 is 5.73 Å². The summed E-state index contributed by atoms with van der Waals surface area (Å²) in [4.78, 5) is 11.2. The first-order chi connectivity index (χ1) is 6.60. The van der Waals surface area contributed by atoms with Crippen molar-refractivity contribution in [3.8, 4) is 6.07 Å². The van der Waals surface area contributed by atoms with E-state index in [0.29, 0.717) is 16.8 Å². The summed E-state index contributed by atoms with van der Waals surface area (Å²) in [6.07, 6.45) is 0. The van der Waals surface area contributed by atoms with Crippen molar-refractivity contribution in [2.75, 3.05) is 12.8 Å². The molecule has 0 aliphatic carbocycles. The van der Waals surface area contributed by atoms with Crippen LogP contribution in [0.2, 0.25) is 0 Å². The molecule has 0 radical (unpaired) electrons. The minimum atomic E-state index is -0.459. The number of carbonyl (C=O) groups is 1. The second kappa shape index (κ2) is 3.79. The van der Waals surface area contributed by atoms with E-state index in [0.717, 1.165) is 0 Å². The summed E-state index contributed by atoms with van der Waals surface area (Å²) >= 11 is 0. The fourth-order valence-electron chi connectivity index (χ4n) is 1.16. The van der Waals surface area contributed by atoms with Crippen LogP contribution in [0.4, 0.5) is 5.69 Å². The highest BCUT2D eigenvalue weighted by atomic mass is 16.5. The Morgan fingerprint density at radius 1 is 1.57 bits per heavy atom. The Bertz CT molecular complexity index is 419. The number of nitriles is 1. The van der Waals surface area contributed by atoms with E-state index in [1.807, 2.05) is 6.07 Å². The highest BCUT2D eigenvalue weighted by Gasteiger charge is 2.11. The SMILES string of the molecule is COC(=O)c1cc(C#N)c(N)cc1C. The number of hydrogen-bond donors (Lipinski definition) is 1. The van der Waals surface area contributed by atoms with Gasteiger partial charge < -0.3 is 10.5 Å². The maximum atomic E-state index is 11.2. The van der Waals surface area contributed by atoms with Gasteiger partial charge in [-0.05, 0) is 24.6 Å². The Labute approximate surface area is 81.9 Å². The minimum absolute atomic E-state index is 0.288. The van der Waals surface area contributed by atoms with E-state index in [4.69, 9.17) is 11.0 Å². The minimum Gasteiger partial charge on any atom is -0.465 e. The van der Waals surface area contributed by atoms with Crippen LogP contribution in [0.5, 0.6) is 0 Å². The molecule has 14 heavy (non-hydrogen) atoms. The van der Waals surface area contributed by atoms with Crippen LogP contribution in [0.25, 0.3) is 0 Å². The van der Waals surface area contributed by atoms with Crippen molar-refractivity contribution in [2.45, 2.75) is 6.92 Å². The van der Waals surface area contributed by atoms with Gasteiger partial charge in [0.15, 0.2) is 0 Å². The van der Waals surface area contributed by atoms with Gasteiger partial charge in [0.05, 0.1) is 18.2 Å². The molecule has 0 heterocycles. The number of esters is 1. The lowest BCUT2D eigenvalue weighted by atomic mass is 10.0. The van der Waals surface area contributed by atoms with Crippen LogP contribution in [0.1, 0.15) is 21.5 Å². The Morgan fingerprint density at radius 2 is 2.21 bits per heavy atom. The summed E-state index contributed by atoms with van der Waals surface area (Å²) < 4.78 is 4.57. The van der Waals surface area contributed by atoms with E-state index < -0.39 is 5.97 Å². The molecule has 2 N–H and O–H groups in total. The molecule has 0 spiro atoms. The number of carbonyl (C=O) groups excluding carboxylic acids is 1. The van der Waals surface area contributed by atoms with Crippen LogP contribution in [0.15, 0.2) is 12.1 Å². The number of nitrogens with two attached hydrogens (primary N) is 1. The third kappa shape index (κ3) is 1.67. The van der Waals surface area contributed by atoms with Crippen LogP contribution in [0, 0.1) is 18.3 Å². The van der Waals surface area contributed by atoms with Gasteiger partial charge in [0.25, 0.3) is 0 Å². The van der Waals surface area contributed by atoms with Crippen LogP contribution >= 0.6 is 0 Å². The number of anilines is 1. The summed E-state index contributed by atoms with van der Waals surface area (Å²) in [5, 5.41) is 8.71. The van der Waals surface area contributed by atoms with Crippen molar-refractivity contribution in [3.63, 3.8) is 0 Å². The molecule has 4 nitrogen and oxygen atoms in total. The zero-order chi connectivity index (χ0) is 10.7. The van der Waals surface area contributed by atoms with Gasteiger partial charge in [-0.2, -0.15) is 5.26 Å². The summed E-state index contributed by atoms with van der Waals surface area (Å²) in [6.45, 7) is 1.74. The first-order valence-corrected chi connectivity index (χ1v) is 3.98. The maximum absolute atomic E-state index is 11.2. The van der Waals surface area contributed by atoms with Crippen molar-refractivity contribution in [1.29, 1.82) is 5.26 Å². The molecule has 0 aliphatic heterocycles. The van der Waals surface area contributed by atoms with Crippen molar-refractivity contribution in [2.24, 2.45) is 0 Å². The van der Waals surface area contributed by atoms with E-state index in [2.05, 4.69) is 4.74 Å². The van der Waals surface area contributed by atoms with Gasteiger partial charge in [-0.1, -0.05) is 0 Å². The fourth-order valence-corrected chi connectivity index (χ4v) is 1.16. The Kier molecular flexibility index (Phi) is 2.73. The molecule has 0 saturated carbocycles. The normalized spacial score (nSPS) is 9.21. The monoisotopic (exact) mass is 190 g/mol. The van der Waals surface area contributed by atoms with E-state index in [1.165, 1.54) is 13.2 Å². The molecule has 0 bridgehead atoms. The lowest BCUT2D eigenvalue weighted by Gasteiger charge is -2.05. The Hall–Kier alpha value is -2.02. The third-order valence-electron chi connectivity index (χ3n) is 1.92. The number of ether oxygens (including phenoxy) is 1. The lowest BCUT2D eigenvalue weighted by molar-refractivity contribution is 0.0600. The first kappa shape index (κ1) is 10.1. The standard InChI is InChI=1S/C10H10N2O2/c1-6-3-9(12)7(5-11)4-8(6)10(13)14-2/h3-4H,12H2,1-2H3. The zero-order valence-corrected chi connectivity index (χ0v) is 8.00. The Balaban J connectivity index is 3.33. The van der Waals surface area contributed by atoms with Gasteiger partial charge in [0.1, 0.15) is 6.07 Å². The van der Waals surface area contributed by atoms with Crippen LogP contribution in [-0.2, 0) is 4.74 Å². The van der Waals surface area contributed by atoms with Crippen molar-refractivity contribution < 1.29 is 9.53 Å². The molecule has 4 heteroatoms. The molecule has 0 fully saturated rings. The van der Waals surface area contributed by atoms with Crippen LogP contribution in [0.3, 0.4) is 0 Å². The average molecular weight is 190 g/mol. The molecular weight excluding hydrogens is 180 g/mol. The summed E-state index contributed by atoms with van der Waals surface area (Å²) in [5.41, 5.74) is 7.30. The van der Waals surface area contributed by atoms with Gasteiger partial charge in [-0.25, -0.2) is 4.79 Å². The van der Waals surface area contributed by atoms with Crippen molar-refractivity contribution >= 4 is 11.7 Å². The van der Waals surface area contributed by atoms with Gasteiger partial charge in [0.2, 0.25) is 0 Å². The molecule has 0 aromatic heterocycles. The van der Waals surface area contributed by atoms with E-state index in [-0.39, 0.29) is 5.56 Å². The van der Waals surface area contributed by atoms with Gasteiger partial charge >= 0.3 is 5.97 Å². The number of aryl methyl sites for hydroxylation is 1. The second-order valence-corrected chi connectivity index (χ2v) is 2.86. The Morgan fingerprint density at radius 3 is 2.71 bits per heavy atom. The smallest absolute Gasteiger partial charge is 0.338 e. The summed E-state index contributed by atoms with van der Waals surface area (Å²) in [7, 11) is 1.30. The molecule has 72 valence electrons. The number of nitrogen functional groups attached to an aromatic ring is 1. The highest BCUT2D eigenvalue weighted by Crippen LogP contribution is 2.18. The largest absolute Gasteiger partial charge is 0.465 e. The highest BCUT2D eigenvalue weighted by molar-refractivity contribution is 5.92. The number of hydrogen-bond acceptors (Lipinski definition) is 4. The summed E-state index contributed by atoms with van der Waals surface area (Å²) in [5.74, 6) is -0.459. The molecule has 0 atom stereocenters. The lowest BCUT2D eigenvalue weighted by Crippen LogP contribution is -2.05. The van der Waals surface area contributed by atoms with Crippen molar-refractivity contribution in [3.05, 3.63) is 28.8 Å². The molecule has 0 unspecified atom stereocenters. The molecule has 1 rings (SSSR count).